The number of hydrogen-bond donors (Lipinski definition) is 2. The van der Waals surface area contributed by atoms with Crippen molar-refractivity contribution in [3.8, 4) is 0 Å². The number of nitrogens with two attached hydrogens (primary N) is 1. The summed E-state index contributed by atoms with van der Waals surface area (Å²) in [5.74, 6) is -0.524. The van der Waals surface area contributed by atoms with Crippen molar-refractivity contribution in [2.24, 2.45) is 0 Å². The first-order chi connectivity index (χ1) is 8.02. The van der Waals surface area contributed by atoms with Gasteiger partial charge in [0.2, 0.25) is 0 Å². The van der Waals surface area contributed by atoms with Crippen molar-refractivity contribution in [1.82, 2.24) is 9.55 Å². The van der Waals surface area contributed by atoms with Gasteiger partial charge in [-0.3, -0.25) is 4.57 Å². The van der Waals surface area contributed by atoms with E-state index in [0.29, 0.717) is 5.56 Å². The van der Waals surface area contributed by atoms with E-state index < -0.39 is 23.8 Å². The van der Waals surface area contributed by atoms with Gasteiger partial charge in [0, 0.05) is 11.8 Å². The quantitative estimate of drug-likeness (QED) is 0.753. The van der Waals surface area contributed by atoms with Gasteiger partial charge in [-0.25, -0.2) is 9.18 Å². The minimum atomic E-state index is -1.17. The summed E-state index contributed by atoms with van der Waals surface area (Å²) < 4.78 is 19.7. The monoisotopic (exact) mass is 241 g/mol. The Labute approximate surface area is 96.1 Å². The van der Waals surface area contributed by atoms with Crippen LogP contribution in [0.2, 0.25) is 0 Å². The number of aryl methyl sites for hydroxylation is 1. The SMILES string of the molecule is Cc1cn([C@H]2O[C@H](CO)C=C2F)c(=O)nc1N. The van der Waals surface area contributed by atoms with E-state index in [1.807, 2.05) is 0 Å². The smallest absolute Gasteiger partial charge is 0.351 e. The number of hydrogen-bond acceptors (Lipinski definition) is 5. The van der Waals surface area contributed by atoms with E-state index in [9.17, 15) is 9.18 Å². The Hall–Kier alpha value is -1.73. The fourth-order valence-corrected chi connectivity index (χ4v) is 1.57. The van der Waals surface area contributed by atoms with Gasteiger partial charge in [0.1, 0.15) is 17.7 Å². The van der Waals surface area contributed by atoms with Crippen molar-refractivity contribution in [2.75, 3.05) is 12.3 Å². The number of rotatable bonds is 2. The zero-order valence-corrected chi connectivity index (χ0v) is 9.13. The molecule has 0 amide bonds. The highest BCUT2D eigenvalue weighted by Gasteiger charge is 2.29. The molecular formula is C10H12FN3O3. The topological polar surface area (TPSA) is 90.4 Å². The molecule has 92 valence electrons. The highest BCUT2D eigenvalue weighted by Crippen LogP contribution is 2.28. The van der Waals surface area contributed by atoms with Gasteiger partial charge in [0.05, 0.1) is 6.61 Å². The minimum absolute atomic E-state index is 0.104. The van der Waals surface area contributed by atoms with Crippen LogP contribution in [0.25, 0.3) is 0 Å². The van der Waals surface area contributed by atoms with Crippen LogP contribution in [0.4, 0.5) is 10.2 Å². The summed E-state index contributed by atoms with van der Waals surface area (Å²) in [6.45, 7) is 1.30. The van der Waals surface area contributed by atoms with Crippen molar-refractivity contribution in [3.63, 3.8) is 0 Å². The Balaban J connectivity index is 2.40. The molecule has 2 rings (SSSR count). The molecule has 0 aliphatic carbocycles. The molecule has 3 N–H and O–H groups in total. The van der Waals surface area contributed by atoms with E-state index in [1.165, 1.54) is 6.20 Å². The summed E-state index contributed by atoms with van der Waals surface area (Å²) in [4.78, 5) is 15.1. The molecule has 0 saturated carbocycles. The molecule has 17 heavy (non-hydrogen) atoms. The lowest BCUT2D eigenvalue weighted by Gasteiger charge is -2.16. The third-order valence-corrected chi connectivity index (χ3v) is 2.49. The van der Waals surface area contributed by atoms with Gasteiger partial charge in [-0.05, 0) is 13.0 Å². The molecule has 0 unspecified atom stereocenters. The van der Waals surface area contributed by atoms with Crippen molar-refractivity contribution in [2.45, 2.75) is 19.3 Å². The van der Waals surface area contributed by atoms with Crippen LogP contribution in [0.3, 0.4) is 0 Å². The summed E-state index contributed by atoms with van der Waals surface area (Å²) in [6, 6.07) is 0. The molecule has 2 atom stereocenters. The maximum Gasteiger partial charge on any atom is 0.351 e. The number of anilines is 1. The molecule has 1 aromatic rings. The predicted molar refractivity (Wildman–Crippen MR) is 57.8 cm³/mol. The predicted octanol–water partition coefficient (Wildman–Crippen LogP) is -0.123. The molecule has 1 aliphatic heterocycles. The molecule has 0 aromatic carbocycles. The van der Waals surface area contributed by atoms with Crippen LogP contribution in [0.15, 0.2) is 22.9 Å². The van der Waals surface area contributed by atoms with Gasteiger partial charge in [0.15, 0.2) is 6.23 Å². The first-order valence-electron chi connectivity index (χ1n) is 5.01. The first kappa shape index (κ1) is 11.7. The lowest BCUT2D eigenvalue weighted by molar-refractivity contribution is -0.0214. The van der Waals surface area contributed by atoms with Crippen molar-refractivity contribution in [3.05, 3.63) is 34.1 Å². The molecule has 2 heterocycles. The molecule has 6 nitrogen and oxygen atoms in total. The van der Waals surface area contributed by atoms with Gasteiger partial charge in [0.25, 0.3) is 0 Å². The molecule has 1 aliphatic rings. The molecule has 1 aromatic heterocycles. The van der Waals surface area contributed by atoms with Gasteiger partial charge in [-0.1, -0.05) is 0 Å². The lowest BCUT2D eigenvalue weighted by atomic mass is 10.3. The highest BCUT2D eigenvalue weighted by atomic mass is 19.1. The molecule has 7 heteroatoms. The second-order valence-corrected chi connectivity index (χ2v) is 3.76. The van der Waals surface area contributed by atoms with Gasteiger partial charge < -0.3 is 15.6 Å². The second kappa shape index (κ2) is 4.27. The van der Waals surface area contributed by atoms with Crippen LogP contribution in [-0.4, -0.2) is 27.4 Å². The van der Waals surface area contributed by atoms with E-state index in [4.69, 9.17) is 15.6 Å². The number of aromatic nitrogens is 2. The van der Waals surface area contributed by atoms with Crippen LogP contribution < -0.4 is 11.4 Å². The highest BCUT2D eigenvalue weighted by molar-refractivity contribution is 5.35. The summed E-state index contributed by atoms with van der Waals surface area (Å²) in [6.07, 6.45) is 0.585. The van der Waals surface area contributed by atoms with E-state index >= 15 is 0 Å². The average Bonchev–Trinajstić information content (AvgIpc) is 2.65. The van der Waals surface area contributed by atoms with Crippen LogP contribution in [0, 0.1) is 6.92 Å². The Morgan fingerprint density at radius 3 is 3.00 bits per heavy atom. The lowest BCUT2D eigenvalue weighted by Crippen LogP contribution is -2.29. The van der Waals surface area contributed by atoms with Crippen molar-refractivity contribution >= 4 is 5.82 Å². The summed E-state index contributed by atoms with van der Waals surface area (Å²) in [5, 5.41) is 8.86. The standard InChI is InChI=1S/C10H12FN3O3/c1-5-3-14(10(16)13-8(5)12)9-7(11)2-6(4-15)17-9/h2-3,6,9,15H,4H2,1H3,(H2,12,13,16)/t6-,9-/m0/s1. The molecular weight excluding hydrogens is 229 g/mol. The van der Waals surface area contributed by atoms with Crippen LogP contribution in [0.1, 0.15) is 11.8 Å². The van der Waals surface area contributed by atoms with Gasteiger partial charge in [-0.2, -0.15) is 4.98 Å². The van der Waals surface area contributed by atoms with E-state index in [1.54, 1.807) is 6.92 Å². The first-order valence-corrected chi connectivity index (χ1v) is 5.01. The Bertz CT molecular complexity index is 526. The fraction of sp³-hybridized carbons (Fsp3) is 0.400. The van der Waals surface area contributed by atoms with Crippen molar-refractivity contribution < 1.29 is 14.2 Å². The summed E-state index contributed by atoms with van der Waals surface area (Å²) in [5.41, 5.74) is 5.32. The number of aliphatic hydroxyl groups excluding tert-OH is 1. The Kier molecular flexibility index (Phi) is 2.95. The summed E-state index contributed by atoms with van der Waals surface area (Å²) >= 11 is 0. The largest absolute Gasteiger partial charge is 0.393 e. The normalized spacial score (nSPS) is 23.8. The summed E-state index contributed by atoms with van der Waals surface area (Å²) in [7, 11) is 0. The number of ether oxygens (including phenoxy) is 1. The van der Waals surface area contributed by atoms with E-state index in [0.717, 1.165) is 10.6 Å². The molecule has 0 spiro atoms. The van der Waals surface area contributed by atoms with Crippen LogP contribution in [0.5, 0.6) is 0 Å². The maximum atomic E-state index is 13.5. The zero-order chi connectivity index (χ0) is 12.6. The Morgan fingerprint density at radius 1 is 1.71 bits per heavy atom. The van der Waals surface area contributed by atoms with Gasteiger partial charge >= 0.3 is 5.69 Å². The third-order valence-electron chi connectivity index (χ3n) is 2.49. The number of aliphatic hydroxyl groups is 1. The number of nitrogen functional groups attached to an aromatic ring is 1. The number of nitrogens with zero attached hydrogens (tertiary/aromatic N) is 2. The zero-order valence-electron chi connectivity index (χ0n) is 9.13. The minimum Gasteiger partial charge on any atom is -0.393 e. The number of halogens is 1. The third kappa shape index (κ3) is 2.06. The van der Waals surface area contributed by atoms with Crippen molar-refractivity contribution in [1.29, 1.82) is 0 Å². The van der Waals surface area contributed by atoms with E-state index in [-0.39, 0.29) is 12.4 Å². The Morgan fingerprint density at radius 2 is 2.41 bits per heavy atom. The second-order valence-electron chi connectivity index (χ2n) is 3.76. The van der Waals surface area contributed by atoms with Crippen LogP contribution in [-0.2, 0) is 4.74 Å². The fourth-order valence-electron chi connectivity index (χ4n) is 1.57. The van der Waals surface area contributed by atoms with E-state index in [2.05, 4.69) is 4.98 Å². The van der Waals surface area contributed by atoms with Gasteiger partial charge in [-0.15, -0.1) is 0 Å². The molecule has 0 bridgehead atoms. The molecule has 0 radical (unpaired) electrons. The maximum absolute atomic E-state index is 13.5. The molecule has 0 fully saturated rings. The average molecular weight is 241 g/mol. The molecule has 0 saturated heterocycles. The van der Waals surface area contributed by atoms with Crippen LogP contribution >= 0.6 is 0 Å².